The van der Waals surface area contributed by atoms with E-state index in [1.807, 2.05) is 0 Å². The van der Waals surface area contributed by atoms with Gasteiger partial charge < -0.3 is 20.5 Å². The van der Waals surface area contributed by atoms with Crippen molar-refractivity contribution >= 4 is 33.6 Å². The molecule has 114 valence electrons. The number of aromatic carboxylic acids is 1. The van der Waals surface area contributed by atoms with Gasteiger partial charge in [-0.2, -0.15) is 0 Å². The van der Waals surface area contributed by atoms with Gasteiger partial charge in [0.15, 0.2) is 0 Å². The zero-order chi connectivity index (χ0) is 15.2. The predicted molar refractivity (Wildman–Crippen MR) is 81.7 cm³/mol. The van der Waals surface area contributed by atoms with E-state index in [-0.39, 0.29) is 17.7 Å². The van der Waals surface area contributed by atoms with Gasteiger partial charge in [0.25, 0.3) is 0 Å². The van der Waals surface area contributed by atoms with E-state index in [0.29, 0.717) is 16.7 Å². The molecule has 6 nitrogen and oxygen atoms in total. The highest BCUT2D eigenvalue weighted by molar-refractivity contribution is 9.10. The summed E-state index contributed by atoms with van der Waals surface area (Å²) in [5, 5.41) is 14.3. The van der Waals surface area contributed by atoms with Gasteiger partial charge in [0.2, 0.25) is 0 Å². The van der Waals surface area contributed by atoms with Crippen LogP contribution in [0, 0.1) is 0 Å². The second-order valence-corrected chi connectivity index (χ2v) is 5.66. The van der Waals surface area contributed by atoms with Crippen molar-refractivity contribution in [1.82, 2.24) is 5.32 Å². The molecule has 2 rings (SSSR count). The van der Waals surface area contributed by atoms with Crippen molar-refractivity contribution in [3.05, 3.63) is 28.2 Å². The molecule has 7 heteroatoms. The number of hydrogen-bond acceptors (Lipinski definition) is 3. The highest BCUT2D eigenvalue weighted by Gasteiger charge is 2.15. The highest BCUT2D eigenvalue weighted by atomic mass is 79.9. The number of rotatable bonds is 5. The Bertz CT molecular complexity index is 530. The van der Waals surface area contributed by atoms with Crippen LogP contribution in [-0.4, -0.2) is 36.4 Å². The molecule has 21 heavy (non-hydrogen) atoms. The van der Waals surface area contributed by atoms with Gasteiger partial charge >= 0.3 is 12.0 Å². The third-order valence-corrected chi connectivity index (χ3v) is 3.90. The van der Waals surface area contributed by atoms with E-state index in [9.17, 15) is 9.59 Å². The Labute approximate surface area is 131 Å². The van der Waals surface area contributed by atoms with Gasteiger partial charge in [-0.25, -0.2) is 9.59 Å². The predicted octanol–water partition coefficient (Wildman–Crippen LogP) is 2.84. The average molecular weight is 357 g/mol. The minimum absolute atomic E-state index is 0.159. The zero-order valence-corrected chi connectivity index (χ0v) is 13.0. The first-order valence-electron chi connectivity index (χ1n) is 6.75. The van der Waals surface area contributed by atoms with E-state index >= 15 is 0 Å². The van der Waals surface area contributed by atoms with Crippen molar-refractivity contribution in [1.29, 1.82) is 0 Å². The smallest absolute Gasteiger partial charge is 0.335 e. The molecule has 0 bridgehead atoms. The number of ether oxygens (including phenoxy) is 1. The van der Waals surface area contributed by atoms with E-state index in [0.717, 1.165) is 25.9 Å². The van der Waals surface area contributed by atoms with E-state index in [4.69, 9.17) is 9.84 Å². The minimum atomic E-state index is -1.01. The molecule has 1 heterocycles. The van der Waals surface area contributed by atoms with Crippen LogP contribution < -0.4 is 10.6 Å². The summed E-state index contributed by atoms with van der Waals surface area (Å²) in [7, 11) is 0. The summed E-state index contributed by atoms with van der Waals surface area (Å²) < 4.78 is 6.00. The average Bonchev–Trinajstić information content (AvgIpc) is 2.94. The molecule has 1 aliphatic rings. The van der Waals surface area contributed by atoms with Crippen molar-refractivity contribution in [2.45, 2.75) is 25.4 Å². The molecule has 1 saturated heterocycles. The number of carboxylic acid groups (broad SMARTS) is 1. The Morgan fingerprint density at radius 2 is 2.24 bits per heavy atom. The SMILES string of the molecule is O=C(NCCC1CCCO1)Nc1ccc(C(=O)O)cc1Br. The zero-order valence-electron chi connectivity index (χ0n) is 11.4. The molecule has 1 atom stereocenters. The first-order chi connectivity index (χ1) is 10.1. The van der Waals surface area contributed by atoms with Crippen molar-refractivity contribution in [2.75, 3.05) is 18.5 Å². The van der Waals surface area contributed by atoms with Gasteiger partial charge in [0.05, 0.1) is 17.4 Å². The lowest BCUT2D eigenvalue weighted by molar-refractivity contribution is 0.0697. The number of urea groups is 1. The number of carbonyl (C=O) groups is 2. The van der Waals surface area contributed by atoms with Crippen LogP contribution in [0.15, 0.2) is 22.7 Å². The maximum atomic E-state index is 11.8. The van der Waals surface area contributed by atoms with Crippen LogP contribution in [0.3, 0.4) is 0 Å². The Balaban J connectivity index is 1.80. The van der Waals surface area contributed by atoms with Gasteiger partial charge in [-0.1, -0.05) is 0 Å². The third-order valence-electron chi connectivity index (χ3n) is 3.24. The third kappa shape index (κ3) is 4.71. The molecular formula is C14H17BrN2O4. The number of benzene rings is 1. The number of amides is 2. The highest BCUT2D eigenvalue weighted by Crippen LogP contribution is 2.23. The molecule has 0 aliphatic carbocycles. The van der Waals surface area contributed by atoms with Crippen LogP contribution in [0.25, 0.3) is 0 Å². The Hall–Kier alpha value is -1.60. The second-order valence-electron chi connectivity index (χ2n) is 4.80. The Morgan fingerprint density at radius 1 is 1.43 bits per heavy atom. The molecule has 0 radical (unpaired) electrons. The summed E-state index contributed by atoms with van der Waals surface area (Å²) in [4.78, 5) is 22.6. The number of halogens is 1. The molecule has 3 N–H and O–H groups in total. The lowest BCUT2D eigenvalue weighted by Crippen LogP contribution is -2.31. The normalized spacial score (nSPS) is 17.5. The van der Waals surface area contributed by atoms with Gasteiger partial charge in [0.1, 0.15) is 0 Å². The molecule has 1 aliphatic heterocycles. The fourth-order valence-corrected chi connectivity index (χ4v) is 2.61. The summed E-state index contributed by atoms with van der Waals surface area (Å²) >= 11 is 3.24. The van der Waals surface area contributed by atoms with E-state index < -0.39 is 5.97 Å². The Morgan fingerprint density at radius 3 is 2.86 bits per heavy atom. The summed E-state index contributed by atoms with van der Waals surface area (Å²) in [5.41, 5.74) is 0.681. The molecular weight excluding hydrogens is 340 g/mol. The van der Waals surface area contributed by atoms with Gasteiger partial charge in [-0.05, 0) is 53.4 Å². The fraction of sp³-hybridized carbons (Fsp3) is 0.429. The molecule has 1 aromatic rings. The first kappa shape index (κ1) is 15.8. The molecule has 0 aromatic heterocycles. The van der Waals surface area contributed by atoms with Crippen LogP contribution in [0.2, 0.25) is 0 Å². The number of hydrogen-bond donors (Lipinski definition) is 3. The van der Waals surface area contributed by atoms with Crippen LogP contribution in [0.1, 0.15) is 29.6 Å². The summed E-state index contributed by atoms with van der Waals surface area (Å²) in [6.45, 7) is 1.35. The maximum Gasteiger partial charge on any atom is 0.335 e. The number of nitrogens with one attached hydrogen (secondary N) is 2. The van der Waals surface area contributed by atoms with Crippen molar-refractivity contribution in [3.63, 3.8) is 0 Å². The molecule has 1 fully saturated rings. The summed E-state index contributed by atoms with van der Waals surface area (Å²) in [5.74, 6) is -1.01. The molecule has 0 spiro atoms. The van der Waals surface area contributed by atoms with Crippen LogP contribution in [-0.2, 0) is 4.74 Å². The summed E-state index contributed by atoms with van der Waals surface area (Å²) in [6, 6.07) is 4.11. The molecule has 2 amide bonds. The number of carbonyl (C=O) groups excluding carboxylic acids is 1. The monoisotopic (exact) mass is 356 g/mol. The lowest BCUT2D eigenvalue weighted by atomic mass is 10.2. The van der Waals surface area contributed by atoms with E-state index in [1.165, 1.54) is 12.1 Å². The molecule has 1 aromatic carbocycles. The molecule has 1 unspecified atom stereocenters. The number of carboxylic acids is 1. The van der Waals surface area contributed by atoms with Crippen molar-refractivity contribution in [2.24, 2.45) is 0 Å². The maximum absolute atomic E-state index is 11.8. The summed E-state index contributed by atoms with van der Waals surface area (Å²) in [6.07, 6.45) is 3.17. The fourth-order valence-electron chi connectivity index (χ4n) is 2.13. The standard InChI is InChI=1S/C14H17BrN2O4/c15-11-8-9(13(18)19)3-4-12(11)17-14(20)16-6-5-10-2-1-7-21-10/h3-4,8,10H,1-2,5-7H2,(H,18,19)(H2,16,17,20). The van der Waals surface area contributed by atoms with Crippen LogP contribution >= 0.6 is 15.9 Å². The van der Waals surface area contributed by atoms with E-state index in [1.54, 1.807) is 6.07 Å². The van der Waals surface area contributed by atoms with Gasteiger partial charge in [-0.3, -0.25) is 0 Å². The van der Waals surface area contributed by atoms with Crippen molar-refractivity contribution in [3.8, 4) is 0 Å². The van der Waals surface area contributed by atoms with Crippen LogP contribution in [0.5, 0.6) is 0 Å². The van der Waals surface area contributed by atoms with Crippen molar-refractivity contribution < 1.29 is 19.4 Å². The van der Waals surface area contributed by atoms with Gasteiger partial charge in [-0.15, -0.1) is 0 Å². The lowest BCUT2D eigenvalue weighted by Gasteiger charge is -2.12. The second kappa shape index (κ2) is 7.42. The molecule has 0 saturated carbocycles. The van der Waals surface area contributed by atoms with Crippen LogP contribution in [0.4, 0.5) is 10.5 Å². The topological polar surface area (TPSA) is 87.7 Å². The largest absolute Gasteiger partial charge is 0.478 e. The number of anilines is 1. The first-order valence-corrected chi connectivity index (χ1v) is 7.55. The quantitative estimate of drug-likeness (QED) is 0.756. The minimum Gasteiger partial charge on any atom is -0.478 e. The van der Waals surface area contributed by atoms with E-state index in [2.05, 4.69) is 26.6 Å². The van der Waals surface area contributed by atoms with Gasteiger partial charge in [0, 0.05) is 17.6 Å². The Kier molecular flexibility index (Phi) is 5.58.